The van der Waals surface area contributed by atoms with E-state index in [1.165, 1.54) is 32.5 Å². The fraction of sp³-hybridized carbons (Fsp3) is 1.00. The summed E-state index contributed by atoms with van der Waals surface area (Å²) in [5.74, 6) is 0.800. The molecule has 0 saturated carbocycles. The molecule has 16 heavy (non-hydrogen) atoms. The van der Waals surface area contributed by atoms with Gasteiger partial charge in [0.25, 0.3) is 0 Å². The Hall–Kier alpha value is -0.120. The third-order valence-electron chi connectivity index (χ3n) is 4.78. The lowest BCUT2D eigenvalue weighted by molar-refractivity contribution is -0.00939. The van der Waals surface area contributed by atoms with Gasteiger partial charge in [0.2, 0.25) is 0 Å². The molecule has 2 rings (SSSR count). The first-order valence-electron chi connectivity index (χ1n) is 6.83. The monoisotopic (exact) mass is 225 g/mol. The lowest BCUT2D eigenvalue weighted by Gasteiger charge is -2.51. The second-order valence-electron chi connectivity index (χ2n) is 5.72. The van der Waals surface area contributed by atoms with Gasteiger partial charge in [-0.3, -0.25) is 4.90 Å². The SMILES string of the molecule is CCN(C(C)C)C1(CN)CCN2CCC1C2. The van der Waals surface area contributed by atoms with E-state index in [4.69, 9.17) is 5.73 Å². The van der Waals surface area contributed by atoms with E-state index in [-0.39, 0.29) is 5.54 Å². The molecule has 3 unspecified atom stereocenters. The van der Waals surface area contributed by atoms with Gasteiger partial charge in [-0.1, -0.05) is 6.92 Å². The van der Waals surface area contributed by atoms with Gasteiger partial charge in [-0.05, 0) is 52.2 Å². The van der Waals surface area contributed by atoms with Crippen LogP contribution in [0.2, 0.25) is 0 Å². The highest BCUT2D eigenvalue weighted by Gasteiger charge is 2.48. The first kappa shape index (κ1) is 12.3. The molecule has 0 aliphatic carbocycles. The Balaban J connectivity index is 2.23. The van der Waals surface area contributed by atoms with Crippen molar-refractivity contribution in [2.45, 2.75) is 45.2 Å². The van der Waals surface area contributed by atoms with Crippen LogP contribution in [0.4, 0.5) is 0 Å². The van der Waals surface area contributed by atoms with Crippen molar-refractivity contribution >= 4 is 0 Å². The van der Waals surface area contributed by atoms with Crippen LogP contribution in [0.3, 0.4) is 0 Å². The highest BCUT2D eigenvalue weighted by Crippen LogP contribution is 2.40. The van der Waals surface area contributed by atoms with Crippen LogP contribution in [0.15, 0.2) is 0 Å². The molecule has 0 aromatic rings. The molecule has 0 amide bonds. The van der Waals surface area contributed by atoms with Gasteiger partial charge in [-0.25, -0.2) is 0 Å². The number of hydrogen-bond donors (Lipinski definition) is 1. The minimum atomic E-state index is 0.288. The van der Waals surface area contributed by atoms with Crippen LogP contribution >= 0.6 is 0 Å². The average Bonchev–Trinajstić information content (AvgIpc) is 2.67. The molecule has 0 spiro atoms. The van der Waals surface area contributed by atoms with Crippen LogP contribution in [-0.2, 0) is 0 Å². The molecule has 2 aliphatic heterocycles. The van der Waals surface area contributed by atoms with E-state index < -0.39 is 0 Å². The third-order valence-corrected chi connectivity index (χ3v) is 4.78. The lowest BCUT2D eigenvalue weighted by Crippen LogP contribution is -2.63. The highest BCUT2D eigenvalue weighted by atomic mass is 15.3. The van der Waals surface area contributed by atoms with Crippen molar-refractivity contribution in [1.29, 1.82) is 0 Å². The van der Waals surface area contributed by atoms with Gasteiger partial charge in [0.05, 0.1) is 0 Å². The zero-order valence-electron chi connectivity index (χ0n) is 11.1. The van der Waals surface area contributed by atoms with Gasteiger partial charge in [0, 0.05) is 24.7 Å². The Morgan fingerprint density at radius 1 is 1.44 bits per heavy atom. The molecule has 0 radical (unpaired) electrons. The van der Waals surface area contributed by atoms with E-state index in [2.05, 4.69) is 30.6 Å². The van der Waals surface area contributed by atoms with E-state index in [0.29, 0.717) is 6.04 Å². The number of hydrogen-bond acceptors (Lipinski definition) is 3. The van der Waals surface area contributed by atoms with Gasteiger partial charge in [-0.15, -0.1) is 0 Å². The molecular formula is C13H27N3. The van der Waals surface area contributed by atoms with Gasteiger partial charge in [-0.2, -0.15) is 0 Å². The van der Waals surface area contributed by atoms with Gasteiger partial charge in [0.15, 0.2) is 0 Å². The Labute approximate surface area is 100.0 Å². The summed E-state index contributed by atoms with van der Waals surface area (Å²) in [6.07, 6.45) is 2.61. The second kappa shape index (κ2) is 4.63. The summed E-state index contributed by atoms with van der Waals surface area (Å²) in [4.78, 5) is 5.26. The molecule has 3 heteroatoms. The predicted molar refractivity (Wildman–Crippen MR) is 68.5 cm³/mol. The fourth-order valence-corrected chi connectivity index (χ4v) is 3.99. The molecule has 2 saturated heterocycles. The van der Waals surface area contributed by atoms with Crippen molar-refractivity contribution < 1.29 is 0 Å². The summed E-state index contributed by atoms with van der Waals surface area (Å²) >= 11 is 0. The summed E-state index contributed by atoms with van der Waals surface area (Å²) < 4.78 is 0. The van der Waals surface area contributed by atoms with Crippen molar-refractivity contribution in [3.05, 3.63) is 0 Å². The van der Waals surface area contributed by atoms with E-state index >= 15 is 0 Å². The normalized spacial score (nSPS) is 38.6. The predicted octanol–water partition coefficient (Wildman–Crippen LogP) is 1.14. The highest BCUT2D eigenvalue weighted by molar-refractivity contribution is 5.05. The third kappa shape index (κ3) is 1.79. The molecule has 0 aromatic carbocycles. The van der Waals surface area contributed by atoms with E-state index in [1.54, 1.807) is 0 Å². The largest absolute Gasteiger partial charge is 0.329 e. The zero-order chi connectivity index (χ0) is 11.8. The molecule has 2 bridgehead atoms. The van der Waals surface area contributed by atoms with Crippen LogP contribution in [0.1, 0.15) is 33.6 Å². The number of fused-ring (bicyclic) bond motifs is 2. The van der Waals surface area contributed by atoms with Crippen LogP contribution < -0.4 is 5.73 Å². The average molecular weight is 225 g/mol. The number of nitrogens with two attached hydrogens (primary N) is 1. The number of likely N-dealkylation sites (N-methyl/N-ethyl adjacent to an activating group) is 1. The molecular weight excluding hydrogens is 198 g/mol. The minimum Gasteiger partial charge on any atom is -0.329 e. The van der Waals surface area contributed by atoms with Crippen molar-refractivity contribution in [1.82, 2.24) is 9.80 Å². The Morgan fingerprint density at radius 3 is 2.75 bits per heavy atom. The molecule has 3 atom stereocenters. The lowest BCUT2D eigenvalue weighted by atomic mass is 9.76. The van der Waals surface area contributed by atoms with Crippen molar-refractivity contribution in [2.75, 3.05) is 32.7 Å². The number of piperidine rings is 1. The fourth-order valence-electron chi connectivity index (χ4n) is 3.99. The van der Waals surface area contributed by atoms with Crippen LogP contribution in [0.5, 0.6) is 0 Å². The molecule has 2 aliphatic rings. The summed E-state index contributed by atoms with van der Waals surface area (Å²) in [5, 5.41) is 0. The van der Waals surface area contributed by atoms with Crippen LogP contribution in [-0.4, -0.2) is 54.1 Å². The summed E-state index contributed by atoms with van der Waals surface area (Å²) in [7, 11) is 0. The molecule has 2 N–H and O–H groups in total. The quantitative estimate of drug-likeness (QED) is 0.779. The number of rotatable bonds is 4. The first-order valence-corrected chi connectivity index (χ1v) is 6.83. The maximum absolute atomic E-state index is 6.18. The van der Waals surface area contributed by atoms with Crippen molar-refractivity contribution in [3.63, 3.8) is 0 Å². The first-order chi connectivity index (χ1) is 7.64. The van der Waals surface area contributed by atoms with Gasteiger partial charge >= 0.3 is 0 Å². The summed E-state index contributed by atoms with van der Waals surface area (Å²) in [6, 6.07) is 0.612. The molecule has 2 fully saturated rings. The summed E-state index contributed by atoms with van der Waals surface area (Å²) in [6.45, 7) is 12.7. The van der Waals surface area contributed by atoms with Crippen molar-refractivity contribution in [2.24, 2.45) is 11.7 Å². The Morgan fingerprint density at radius 2 is 2.19 bits per heavy atom. The van der Waals surface area contributed by atoms with Crippen LogP contribution in [0, 0.1) is 5.92 Å². The minimum absolute atomic E-state index is 0.288. The Bertz CT molecular complexity index is 241. The van der Waals surface area contributed by atoms with Gasteiger partial charge < -0.3 is 10.6 Å². The molecule has 3 nitrogen and oxygen atoms in total. The molecule has 0 aromatic heterocycles. The molecule has 2 heterocycles. The standard InChI is InChI=1S/C13H27N3/c1-4-16(11(2)3)13(10-14)6-8-15-7-5-12(13)9-15/h11-12H,4-10,14H2,1-3H3. The Kier molecular flexibility index (Phi) is 3.57. The van der Waals surface area contributed by atoms with E-state index in [9.17, 15) is 0 Å². The van der Waals surface area contributed by atoms with Crippen molar-refractivity contribution in [3.8, 4) is 0 Å². The topological polar surface area (TPSA) is 32.5 Å². The number of nitrogens with zero attached hydrogens (tertiary/aromatic N) is 2. The second-order valence-corrected chi connectivity index (χ2v) is 5.72. The van der Waals surface area contributed by atoms with Gasteiger partial charge in [0.1, 0.15) is 0 Å². The maximum atomic E-state index is 6.18. The smallest absolute Gasteiger partial charge is 0.0387 e. The zero-order valence-corrected chi connectivity index (χ0v) is 11.1. The molecule has 94 valence electrons. The van der Waals surface area contributed by atoms with Crippen LogP contribution in [0.25, 0.3) is 0 Å². The maximum Gasteiger partial charge on any atom is 0.0387 e. The van der Waals surface area contributed by atoms with E-state index in [1.807, 2.05) is 0 Å². The summed E-state index contributed by atoms with van der Waals surface area (Å²) in [5.41, 5.74) is 6.46. The van der Waals surface area contributed by atoms with E-state index in [0.717, 1.165) is 19.0 Å².